The predicted molar refractivity (Wildman–Crippen MR) is 150 cm³/mol. The Labute approximate surface area is 250 Å². The van der Waals surface area contributed by atoms with Gasteiger partial charge in [-0.3, -0.25) is 12.2 Å². The quantitative estimate of drug-likeness (QED) is 0.365. The zero-order valence-electron chi connectivity index (χ0n) is 22.5. The van der Waals surface area contributed by atoms with Crippen LogP contribution >= 0.6 is 0 Å². The molecule has 0 radical (unpaired) electrons. The Morgan fingerprint density at radius 3 is 1.14 bits per heavy atom. The largest absolute Gasteiger partial charge is 4.00 e. The van der Waals surface area contributed by atoms with Crippen LogP contribution in [0.2, 0.25) is 26.2 Å². The molecule has 2 aromatic carbocycles. The summed E-state index contributed by atoms with van der Waals surface area (Å²) in [6.07, 6.45) is 11.3. The summed E-state index contributed by atoms with van der Waals surface area (Å²) in [6, 6.07) is 21.0. The fourth-order valence-corrected chi connectivity index (χ4v) is 3.53. The fraction of sp³-hybridized carbons (Fsp3) is 0.333. The molecule has 2 atom stereocenters. The third kappa shape index (κ3) is 12.9. The van der Waals surface area contributed by atoms with Crippen molar-refractivity contribution in [2.24, 2.45) is 11.8 Å². The third-order valence-corrected chi connectivity index (χ3v) is 14.2. The standard InChI is InChI=1S/2C13H13.C4H14Si2.2ClH.Zr/c2*1-10-8-11(2)13(9-10)12-6-4-3-5-7-12;1-5-6(2,3)4;;;/h2*3-7,9-10H,1-2H3;5H2,1-4H3;2*1H;/q2*-1;;;;+4/p-2. The van der Waals surface area contributed by atoms with Crippen molar-refractivity contribution in [1.29, 1.82) is 0 Å². The Bertz CT molecular complexity index is 913. The first kappa shape index (κ1) is 36.5. The molecular formula is C30H40Cl2Si2Zr. The van der Waals surface area contributed by atoms with Crippen LogP contribution in [0.1, 0.15) is 38.8 Å². The van der Waals surface area contributed by atoms with Gasteiger partial charge in [-0.1, -0.05) is 126 Å². The van der Waals surface area contributed by atoms with Crippen molar-refractivity contribution in [3.8, 4) is 0 Å². The van der Waals surface area contributed by atoms with E-state index in [1.165, 1.54) is 33.4 Å². The van der Waals surface area contributed by atoms with Crippen molar-refractivity contribution in [1.82, 2.24) is 0 Å². The molecule has 0 bridgehead atoms. The normalized spacial score (nSPS) is 18.2. The van der Waals surface area contributed by atoms with Gasteiger partial charge in [0.05, 0.1) is 0 Å². The van der Waals surface area contributed by atoms with Crippen LogP contribution in [0.4, 0.5) is 0 Å². The first-order valence-corrected chi connectivity index (χ1v) is 19.1. The summed E-state index contributed by atoms with van der Waals surface area (Å²) in [6.45, 7) is 18.3. The van der Waals surface area contributed by atoms with Gasteiger partial charge >= 0.3 is 26.2 Å². The first-order chi connectivity index (χ1) is 15.1. The van der Waals surface area contributed by atoms with E-state index in [9.17, 15) is 0 Å². The molecule has 0 amide bonds. The summed E-state index contributed by atoms with van der Waals surface area (Å²) in [5, 5.41) is 0. The molecule has 0 heterocycles. The molecule has 2 aliphatic carbocycles. The maximum absolute atomic E-state index is 3.39. The van der Waals surface area contributed by atoms with Gasteiger partial charge in [-0.25, -0.2) is 11.1 Å². The van der Waals surface area contributed by atoms with Crippen LogP contribution in [-0.4, -0.2) is 16.6 Å². The van der Waals surface area contributed by atoms with Crippen LogP contribution in [0.3, 0.4) is 0 Å². The molecular weight excluding hydrogens is 579 g/mol. The first-order valence-electron chi connectivity index (χ1n) is 11.9. The Balaban J connectivity index is 0. The minimum atomic E-state index is -0.492. The van der Waals surface area contributed by atoms with Gasteiger partial charge in [-0.2, -0.15) is 23.3 Å². The molecule has 186 valence electrons. The number of rotatable bonds is 3. The van der Waals surface area contributed by atoms with Crippen LogP contribution in [0.25, 0.3) is 11.1 Å². The summed E-state index contributed by atoms with van der Waals surface area (Å²) < 4.78 is 0. The van der Waals surface area contributed by atoms with Gasteiger partial charge in [-0.05, 0) is 0 Å². The predicted octanol–water partition coefficient (Wildman–Crippen LogP) is 1.98. The maximum atomic E-state index is 3.39. The number of allylic oxidation sites excluding steroid dienone is 8. The molecule has 5 heteroatoms. The monoisotopic (exact) mass is 616 g/mol. The molecule has 0 fully saturated rings. The molecule has 0 nitrogen and oxygen atoms in total. The smallest absolute Gasteiger partial charge is 1.00 e. The van der Waals surface area contributed by atoms with E-state index >= 15 is 0 Å². The van der Waals surface area contributed by atoms with E-state index in [1.807, 2.05) is 12.1 Å². The van der Waals surface area contributed by atoms with Crippen LogP contribution in [0, 0.1) is 24.0 Å². The summed E-state index contributed by atoms with van der Waals surface area (Å²) in [7, 11) is -0.101. The second kappa shape index (κ2) is 17.7. The average Bonchev–Trinajstić information content (AvgIpc) is 3.29. The van der Waals surface area contributed by atoms with E-state index in [0.29, 0.717) is 20.9 Å². The van der Waals surface area contributed by atoms with Gasteiger partial charge in [0.2, 0.25) is 0 Å². The minimum Gasteiger partial charge on any atom is -1.00 e. The molecule has 0 saturated carbocycles. The fourth-order valence-electron chi connectivity index (χ4n) is 3.53. The van der Waals surface area contributed by atoms with E-state index in [4.69, 9.17) is 0 Å². The van der Waals surface area contributed by atoms with E-state index in [2.05, 4.69) is 127 Å². The Morgan fingerprint density at radius 2 is 0.943 bits per heavy atom. The molecule has 0 aliphatic heterocycles. The van der Waals surface area contributed by atoms with Crippen molar-refractivity contribution >= 4 is 27.8 Å². The maximum Gasteiger partial charge on any atom is 4.00 e. The van der Waals surface area contributed by atoms with E-state index < -0.39 is 7.59 Å². The van der Waals surface area contributed by atoms with Gasteiger partial charge < -0.3 is 24.8 Å². The zero-order valence-corrected chi connectivity index (χ0v) is 28.9. The molecule has 0 N–H and O–H groups in total. The van der Waals surface area contributed by atoms with E-state index in [1.54, 1.807) is 0 Å². The minimum absolute atomic E-state index is 0. The van der Waals surface area contributed by atoms with Crippen LogP contribution < -0.4 is 24.8 Å². The number of hydrogen-bond acceptors (Lipinski definition) is 0. The van der Waals surface area contributed by atoms with E-state index in [0.717, 1.165) is 0 Å². The van der Waals surface area contributed by atoms with Gasteiger partial charge in [0.25, 0.3) is 0 Å². The summed E-state index contributed by atoms with van der Waals surface area (Å²) in [5.41, 5.74) is 7.84. The number of halogens is 2. The van der Waals surface area contributed by atoms with Crippen molar-refractivity contribution in [2.75, 3.05) is 0 Å². The molecule has 0 aromatic heterocycles. The zero-order chi connectivity index (χ0) is 23.7. The van der Waals surface area contributed by atoms with Gasteiger partial charge in [0.15, 0.2) is 0 Å². The molecule has 4 rings (SSSR count). The Morgan fingerprint density at radius 1 is 0.657 bits per heavy atom. The second-order valence-electron chi connectivity index (χ2n) is 9.92. The third-order valence-electron chi connectivity index (χ3n) is 5.76. The summed E-state index contributed by atoms with van der Waals surface area (Å²) >= 11 is 0. The molecule has 2 unspecified atom stereocenters. The SMILES string of the molecule is CC1=[C-]C(C)C=C1c1ccccc1.CC1=[C-]C(C)C=C1c1ccccc1.C[SiH2][Si](C)(C)C.[Cl-].[Cl-].[Zr+4]. The second-order valence-corrected chi connectivity index (χ2v) is 24.2. The van der Waals surface area contributed by atoms with Crippen LogP contribution in [0.5, 0.6) is 0 Å². The van der Waals surface area contributed by atoms with Crippen molar-refractivity contribution in [3.63, 3.8) is 0 Å². The molecule has 2 aliphatic rings. The number of benzene rings is 2. The van der Waals surface area contributed by atoms with Gasteiger partial charge in [0, 0.05) is 16.6 Å². The number of hydrogen-bond donors (Lipinski definition) is 0. The average molecular weight is 619 g/mol. The van der Waals surface area contributed by atoms with Crippen molar-refractivity contribution in [2.45, 2.75) is 53.9 Å². The topological polar surface area (TPSA) is 0 Å². The molecule has 35 heavy (non-hydrogen) atoms. The molecule has 0 spiro atoms. The summed E-state index contributed by atoms with van der Waals surface area (Å²) in [4.78, 5) is 0. The van der Waals surface area contributed by atoms with Crippen molar-refractivity contribution in [3.05, 3.63) is 107 Å². The molecule has 0 saturated heterocycles. The van der Waals surface area contributed by atoms with Gasteiger partial charge in [0.1, 0.15) is 0 Å². The van der Waals surface area contributed by atoms with Gasteiger partial charge in [-0.15, -0.1) is 11.1 Å². The molecule has 2 aromatic rings. The summed E-state index contributed by atoms with van der Waals surface area (Å²) in [5.74, 6) is 0.936. The van der Waals surface area contributed by atoms with Crippen LogP contribution in [0.15, 0.2) is 84.0 Å². The Hall–Kier alpha value is -0.703. The van der Waals surface area contributed by atoms with Crippen LogP contribution in [-0.2, 0) is 26.2 Å². The van der Waals surface area contributed by atoms with E-state index in [-0.39, 0.29) is 51.0 Å². The Kier molecular flexibility index (Phi) is 18.4. The van der Waals surface area contributed by atoms with Crippen molar-refractivity contribution < 1.29 is 51.0 Å².